The molecule has 1 aliphatic rings. The minimum absolute atomic E-state index is 0.267. The van der Waals surface area contributed by atoms with Crippen molar-refractivity contribution in [2.45, 2.75) is 32.1 Å². The summed E-state index contributed by atoms with van der Waals surface area (Å²) in [5, 5.41) is 11.6. The first-order valence-corrected chi connectivity index (χ1v) is 9.17. The topological polar surface area (TPSA) is 72.3 Å². The van der Waals surface area contributed by atoms with Gasteiger partial charge in [0, 0.05) is 30.9 Å². The van der Waals surface area contributed by atoms with Crippen molar-refractivity contribution in [2.24, 2.45) is 0 Å². The standard InChI is InChI=1S/C20H19F4N5O/c1-12-11-29(19(30)27-15-4-6-18(21)26-9-15)13(2)10-28(12)16-5-3-14(8-25)17(7-16)20(22,23)24/h3-7,9,12-13H,10-11H2,1-2H3,(H,27,30)/t12-,13+/m0/s1. The molecule has 10 heteroatoms. The molecule has 2 amide bonds. The van der Waals surface area contributed by atoms with Gasteiger partial charge in [0.1, 0.15) is 0 Å². The molecule has 0 bridgehead atoms. The van der Waals surface area contributed by atoms with Gasteiger partial charge in [-0.25, -0.2) is 9.78 Å². The van der Waals surface area contributed by atoms with Crippen LogP contribution in [0.3, 0.4) is 0 Å². The summed E-state index contributed by atoms with van der Waals surface area (Å²) in [7, 11) is 0. The molecule has 0 unspecified atom stereocenters. The summed E-state index contributed by atoms with van der Waals surface area (Å²) in [5.74, 6) is -0.663. The average Bonchev–Trinajstić information content (AvgIpc) is 2.70. The molecule has 2 heterocycles. The number of aromatic nitrogens is 1. The van der Waals surface area contributed by atoms with Gasteiger partial charge >= 0.3 is 12.2 Å². The molecule has 30 heavy (non-hydrogen) atoms. The van der Waals surface area contributed by atoms with Gasteiger partial charge in [0.05, 0.1) is 29.1 Å². The minimum Gasteiger partial charge on any atom is -0.365 e. The molecular weight excluding hydrogens is 402 g/mol. The van der Waals surface area contributed by atoms with E-state index in [2.05, 4.69) is 10.3 Å². The molecule has 1 fully saturated rings. The Balaban J connectivity index is 1.77. The van der Waals surface area contributed by atoms with Crippen LogP contribution in [0.2, 0.25) is 0 Å². The number of nitrogens with zero attached hydrogens (tertiary/aromatic N) is 4. The predicted molar refractivity (Wildman–Crippen MR) is 102 cm³/mol. The average molecular weight is 421 g/mol. The summed E-state index contributed by atoms with van der Waals surface area (Å²) in [5.41, 5.74) is -0.738. The van der Waals surface area contributed by atoms with Gasteiger partial charge in [0.15, 0.2) is 0 Å². The number of carbonyl (C=O) groups is 1. The number of nitrogens with one attached hydrogen (secondary N) is 1. The molecule has 0 aliphatic carbocycles. The van der Waals surface area contributed by atoms with Crippen molar-refractivity contribution in [1.29, 1.82) is 5.26 Å². The number of rotatable bonds is 2. The van der Waals surface area contributed by atoms with Crippen molar-refractivity contribution in [3.8, 4) is 6.07 Å². The minimum atomic E-state index is -4.64. The third-order valence-corrected chi connectivity index (χ3v) is 4.99. The molecule has 3 rings (SSSR count). The number of pyridine rings is 1. The summed E-state index contributed by atoms with van der Waals surface area (Å²) in [6.07, 6.45) is -3.44. The summed E-state index contributed by atoms with van der Waals surface area (Å²) >= 11 is 0. The largest absolute Gasteiger partial charge is 0.417 e. The maximum Gasteiger partial charge on any atom is 0.417 e. The van der Waals surface area contributed by atoms with Crippen molar-refractivity contribution in [2.75, 3.05) is 23.3 Å². The van der Waals surface area contributed by atoms with Gasteiger partial charge in [0.2, 0.25) is 5.95 Å². The highest BCUT2D eigenvalue weighted by atomic mass is 19.4. The lowest BCUT2D eigenvalue weighted by Crippen LogP contribution is -2.59. The zero-order valence-electron chi connectivity index (χ0n) is 16.2. The summed E-state index contributed by atoms with van der Waals surface area (Å²) in [4.78, 5) is 19.4. The molecule has 0 radical (unpaired) electrons. The Morgan fingerprint density at radius 1 is 1.20 bits per heavy atom. The van der Waals surface area contributed by atoms with E-state index in [0.29, 0.717) is 17.9 Å². The van der Waals surface area contributed by atoms with Gasteiger partial charge in [0.25, 0.3) is 0 Å². The maximum absolute atomic E-state index is 13.3. The van der Waals surface area contributed by atoms with Gasteiger partial charge < -0.3 is 15.1 Å². The molecule has 6 nitrogen and oxygen atoms in total. The van der Waals surface area contributed by atoms with E-state index in [1.165, 1.54) is 18.3 Å². The highest BCUT2D eigenvalue weighted by molar-refractivity contribution is 5.89. The predicted octanol–water partition coefficient (Wildman–Crippen LogP) is 4.24. The van der Waals surface area contributed by atoms with E-state index in [0.717, 1.165) is 18.2 Å². The first kappa shape index (κ1) is 21.4. The Kier molecular flexibility index (Phi) is 5.82. The zero-order valence-corrected chi connectivity index (χ0v) is 16.2. The lowest BCUT2D eigenvalue weighted by Gasteiger charge is -2.45. The van der Waals surface area contributed by atoms with E-state index in [4.69, 9.17) is 5.26 Å². The lowest BCUT2D eigenvalue weighted by atomic mass is 10.0. The summed E-state index contributed by atoms with van der Waals surface area (Å²) in [6, 6.07) is 6.73. The molecule has 0 spiro atoms. The number of piperazine rings is 1. The first-order valence-electron chi connectivity index (χ1n) is 9.17. The van der Waals surface area contributed by atoms with E-state index < -0.39 is 29.3 Å². The Labute approximate surface area is 170 Å². The number of hydrogen-bond acceptors (Lipinski definition) is 4. The second-order valence-corrected chi connectivity index (χ2v) is 7.14. The highest BCUT2D eigenvalue weighted by Crippen LogP contribution is 2.35. The third kappa shape index (κ3) is 4.45. The second kappa shape index (κ2) is 8.18. The van der Waals surface area contributed by atoms with Crippen molar-refractivity contribution >= 4 is 17.4 Å². The van der Waals surface area contributed by atoms with Crippen LogP contribution in [0.1, 0.15) is 25.0 Å². The monoisotopic (exact) mass is 421 g/mol. The molecule has 2 aromatic rings. The van der Waals surface area contributed by atoms with Crippen molar-refractivity contribution < 1.29 is 22.4 Å². The number of amides is 2. The van der Waals surface area contributed by atoms with Gasteiger partial charge in [-0.1, -0.05) is 0 Å². The van der Waals surface area contributed by atoms with Crippen LogP contribution < -0.4 is 10.2 Å². The van der Waals surface area contributed by atoms with Crippen LogP contribution >= 0.6 is 0 Å². The number of alkyl halides is 3. The Hall–Kier alpha value is -3.35. The van der Waals surface area contributed by atoms with E-state index >= 15 is 0 Å². The van der Waals surface area contributed by atoms with Crippen LogP contribution in [0.25, 0.3) is 0 Å². The van der Waals surface area contributed by atoms with Crippen molar-refractivity contribution in [3.63, 3.8) is 0 Å². The number of urea groups is 1. The number of carbonyl (C=O) groups excluding carboxylic acids is 1. The smallest absolute Gasteiger partial charge is 0.365 e. The van der Waals surface area contributed by atoms with Gasteiger partial charge in [-0.3, -0.25) is 0 Å². The third-order valence-electron chi connectivity index (χ3n) is 4.99. The normalized spacial score (nSPS) is 19.4. The fraction of sp³-hybridized carbons (Fsp3) is 0.350. The summed E-state index contributed by atoms with van der Waals surface area (Å²) in [6.45, 7) is 4.16. The van der Waals surface area contributed by atoms with Crippen LogP contribution in [-0.2, 0) is 6.18 Å². The summed E-state index contributed by atoms with van der Waals surface area (Å²) < 4.78 is 52.8. The molecule has 1 N–H and O–H groups in total. The van der Waals surface area contributed by atoms with E-state index in [9.17, 15) is 22.4 Å². The zero-order chi connectivity index (χ0) is 22.1. The van der Waals surface area contributed by atoms with Crippen molar-refractivity contribution in [1.82, 2.24) is 9.88 Å². The molecule has 1 aromatic heterocycles. The SMILES string of the molecule is C[C@@H]1CN(c2ccc(C#N)c(C(F)(F)F)c2)[C@@H](C)CN1C(=O)Nc1ccc(F)nc1. The first-order chi connectivity index (χ1) is 14.1. The maximum atomic E-state index is 13.3. The van der Waals surface area contributed by atoms with Crippen LogP contribution in [-0.4, -0.2) is 41.1 Å². The quantitative estimate of drug-likeness (QED) is 0.582. The fourth-order valence-corrected chi connectivity index (χ4v) is 3.46. The molecule has 158 valence electrons. The number of nitriles is 1. The van der Waals surface area contributed by atoms with Gasteiger partial charge in [-0.05, 0) is 44.2 Å². The van der Waals surface area contributed by atoms with Crippen LogP contribution in [0.4, 0.5) is 33.7 Å². The van der Waals surface area contributed by atoms with E-state index in [1.54, 1.807) is 29.7 Å². The van der Waals surface area contributed by atoms with E-state index in [-0.39, 0.29) is 18.6 Å². The number of benzene rings is 1. The van der Waals surface area contributed by atoms with Crippen LogP contribution in [0.5, 0.6) is 0 Å². The molecule has 0 saturated carbocycles. The number of anilines is 2. The second-order valence-electron chi connectivity index (χ2n) is 7.14. The highest BCUT2D eigenvalue weighted by Gasteiger charge is 2.36. The lowest BCUT2D eigenvalue weighted by molar-refractivity contribution is -0.137. The van der Waals surface area contributed by atoms with Gasteiger partial charge in [-0.2, -0.15) is 22.8 Å². The molecule has 1 aromatic carbocycles. The fourth-order valence-electron chi connectivity index (χ4n) is 3.46. The molecule has 2 atom stereocenters. The van der Waals surface area contributed by atoms with Gasteiger partial charge in [-0.15, -0.1) is 0 Å². The Morgan fingerprint density at radius 3 is 2.53 bits per heavy atom. The molecular formula is C20H19F4N5O. The molecule has 1 aliphatic heterocycles. The Bertz CT molecular complexity index is 971. The van der Waals surface area contributed by atoms with Crippen LogP contribution in [0.15, 0.2) is 36.5 Å². The van der Waals surface area contributed by atoms with E-state index in [1.807, 2.05) is 0 Å². The van der Waals surface area contributed by atoms with Crippen molar-refractivity contribution in [3.05, 3.63) is 53.6 Å². The number of hydrogen-bond donors (Lipinski definition) is 1. The molecule has 1 saturated heterocycles. The Morgan fingerprint density at radius 2 is 1.93 bits per heavy atom. The van der Waals surface area contributed by atoms with Crippen LogP contribution in [0, 0.1) is 17.3 Å². The number of halogens is 4.